The minimum absolute atomic E-state index is 0.0500. The first-order chi connectivity index (χ1) is 11.6. The maximum Gasteiger partial charge on any atom is 0.332 e. The lowest BCUT2D eigenvalue weighted by atomic mass is 10.1. The van der Waals surface area contributed by atoms with Gasteiger partial charge < -0.3 is 14.8 Å². The van der Waals surface area contributed by atoms with Crippen molar-refractivity contribution in [1.29, 1.82) is 0 Å². The van der Waals surface area contributed by atoms with Crippen LogP contribution in [0.15, 0.2) is 60.7 Å². The van der Waals surface area contributed by atoms with E-state index >= 15 is 0 Å². The molecule has 126 valence electrons. The van der Waals surface area contributed by atoms with E-state index < -0.39 is 0 Å². The number of methoxy groups -OCH3 is 1. The number of carbonyl (C=O) groups is 1. The molecule has 4 heteroatoms. The second kappa shape index (κ2) is 8.77. The molecule has 0 fully saturated rings. The van der Waals surface area contributed by atoms with Gasteiger partial charge in [0.2, 0.25) is 0 Å². The quantitative estimate of drug-likeness (QED) is 0.618. The van der Waals surface area contributed by atoms with Gasteiger partial charge in [-0.05, 0) is 49.2 Å². The Morgan fingerprint density at radius 1 is 1.12 bits per heavy atom. The van der Waals surface area contributed by atoms with Gasteiger partial charge in [0.15, 0.2) is 0 Å². The molecule has 2 aromatic carbocycles. The van der Waals surface area contributed by atoms with Crippen LogP contribution in [0.2, 0.25) is 0 Å². The zero-order valence-corrected chi connectivity index (χ0v) is 14.3. The molecule has 2 rings (SSSR count). The van der Waals surface area contributed by atoms with Crippen LogP contribution in [0.3, 0.4) is 0 Å². The smallest absolute Gasteiger partial charge is 0.332 e. The highest BCUT2D eigenvalue weighted by Gasteiger charge is 2.11. The minimum atomic E-state index is -0.365. The number of ether oxygens (including phenoxy) is 2. The second-order valence-corrected chi connectivity index (χ2v) is 5.32. The number of carbonyl (C=O) groups excluding carboxylic acids is 1. The Bertz CT molecular complexity index is 678. The van der Waals surface area contributed by atoms with Gasteiger partial charge in [-0.3, -0.25) is 0 Å². The molecule has 0 aliphatic heterocycles. The molecular formula is C20H23NO3. The summed E-state index contributed by atoms with van der Waals surface area (Å²) in [5.41, 5.74) is 2.75. The van der Waals surface area contributed by atoms with Crippen LogP contribution < -0.4 is 10.1 Å². The zero-order valence-electron chi connectivity index (χ0n) is 14.3. The van der Waals surface area contributed by atoms with Gasteiger partial charge in [-0.1, -0.05) is 30.3 Å². The molecule has 0 aliphatic carbocycles. The van der Waals surface area contributed by atoms with Gasteiger partial charge in [0, 0.05) is 17.8 Å². The van der Waals surface area contributed by atoms with Crippen LogP contribution in [-0.2, 0) is 9.53 Å². The van der Waals surface area contributed by atoms with Crippen molar-refractivity contribution in [2.75, 3.05) is 13.7 Å². The first kappa shape index (κ1) is 17.6. The van der Waals surface area contributed by atoms with Crippen LogP contribution in [0.5, 0.6) is 5.75 Å². The van der Waals surface area contributed by atoms with Crippen LogP contribution in [0.25, 0.3) is 5.70 Å². The highest BCUT2D eigenvalue weighted by molar-refractivity contribution is 5.91. The maximum atomic E-state index is 11.9. The number of nitrogens with one attached hydrogen (secondary N) is 1. The normalized spacial score (nSPS) is 12.4. The summed E-state index contributed by atoms with van der Waals surface area (Å²) in [5, 5.41) is 3.40. The topological polar surface area (TPSA) is 47.6 Å². The van der Waals surface area contributed by atoms with E-state index in [1.807, 2.05) is 54.6 Å². The fourth-order valence-corrected chi connectivity index (χ4v) is 2.34. The Hall–Kier alpha value is -2.75. The average molecular weight is 325 g/mol. The van der Waals surface area contributed by atoms with E-state index in [1.165, 1.54) is 6.08 Å². The number of benzene rings is 2. The van der Waals surface area contributed by atoms with E-state index in [2.05, 4.69) is 12.2 Å². The Balaban J connectivity index is 2.26. The zero-order chi connectivity index (χ0) is 17.4. The molecule has 1 atom stereocenters. The Labute approximate surface area is 143 Å². The molecule has 0 bridgehead atoms. The summed E-state index contributed by atoms with van der Waals surface area (Å²) in [6.07, 6.45) is 1.49. The second-order valence-electron chi connectivity index (χ2n) is 5.32. The van der Waals surface area contributed by atoms with E-state index in [4.69, 9.17) is 9.47 Å². The Morgan fingerprint density at radius 3 is 2.38 bits per heavy atom. The van der Waals surface area contributed by atoms with Crippen LogP contribution in [-0.4, -0.2) is 19.7 Å². The summed E-state index contributed by atoms with van der Waals surface area (Å²) in [6, 6.07) is 17.7. The molecule has 0 saturated carbocycles. The Morgan fingerprint density at radius 2 is 1.79 bits per heavy atom. The van der Waals surface area contributed by atoms with Crippen molar-refractivity contribution in [2.24, 2.45) is 0 Å². The Kier molecular flexibility index (Phi) is 6.43. The first-order valence-electron chi connectivity index (χ1n) is 7.98. The first-order valence-corrected chi connectivity index (χ1v) is 7.98. The van der Waals surface area contributed by atoms with Crippen LogP contribution >= 0.6 is 0 Å². The third-order valence-corrected chi connectivity index (χ3v) is 3.62. The predicted octanol–water partition coefficient (Wildman–Crippen LogP) is 3.95. The molecule has 2 aromatic rings. The van der Waals surface area contributed by atoms with Gasteiger partial charge in [0.1, 0.15) is 5.75 Å². The number of hydrogen-bond donors (Lipinski definition) is 1. The number of esters is 1. The lowest BCUT2D eigenvalue weighted by Crippen LogP contribution is -2.18. The molecule has 0 amide bonds. The number of rotatable bonds is 7. The summed E-state index contributed by atoms with van der Waals surface area (Å²) in [6.45, 7) is 4.19. The molecule has 0 aliphatic rings. The van der Waals surface area contributed by atoms with Gasteiger partial charge in [-0.25, -0.2) is 4.79 Å². The third-order valence-electron chi connectivity index (χ3n) is 3.62. The lowest BCUT2D eigenvalue weighted by molar-refractivity contribution is -0.137. The monoisotopic (exact) mass is 325 g/mol. The largest absolute Gasteiger partial charge is 0.497 e. The van der Waals surface area contributed by atoms with E-state index in [0.717, 1.165) is 16.9 Å². The van der Waals surface area contributed by atoms with Gasteiger partial charge >= 0.3 is 5.97 Å². The molecule has 0 aromatic heterocycles. The molecule has 0 radical (unpaired) electrons. The van der Waals surface area contributed by atoms with E-state index in [-0.39, 0.29) is 12.0 Å². The SMILES string of the molecule is CCOC(=O)/C=C(\N[C@@H](C)c1ccccc1)c1ccc(OC)cc1. The summed E-state index contributed by atoms with van der Waals surface area (Å²) < 4.78 is 10.2. The molecule has 0 heterocycles. The van der Waals surface area contributed by atoms with E-state index in [9.17, 15) is 4.79 Å². The van der Waals surface area contributed by atoms with Crippen molar-refractivity contribution in [3.05, 3.63) is 71.8 Å². The fraction of sp³-hybridized carbons (Fsp3) is 0.250. The van der Waals surface area contributed by atoms with Crippen LogP contribution in [0, 0.1) is 0 Å². The van der Waals surface area contributed by atoms with Gasteiger partial charge in [0.05, 0.1) is 13.7 Å². The summed E-state index contributed by atoms with van der Waals surface area (Å²) in [7, 11) is 1.63. The van der Waals surface area contributed by atoms with Crippen molar-refractivity contribution < 1.29 is 14.3 Å². The minimum Gasteiger partial charge on any atom is -0.497 e. The molecule has 0 unspecified atom stereocenters. The molecular weight excluding hydrogens is 302 g/mol. The van der Waals surface area contributed by atoms with Crippen molar-refractivity contribution in [2.45, 2.75) is 19.9 Å². The molecule has 4 nitrogen and oxygen atoms in total. The lowest BCUT2D eigenvalue weighted by Gasteiger charge is -2.19. The molecule has 0 spiro atoms. The van der Waals surface area contributed by atoms with Crippen molar-refractivity contribution >= 4 is 11.7 Å². The van der Waals surface area contributed by atoms with Gasteiger partial charge in [-0.15, -0.1) is 0 Å². The highest BCUT2D eigenvalue weighted by Crippen LogP contribution is 2.21. The summed E-state index contributed by atoms with van der Waals surface area (Å²) >= 11 is 0. The predicted molar refractivity (Wildman–Crippen MR) is 95.6 cm³/mol. The van der Waals surface area contributed by atoms with Crippen molar-refractivity contribution in [3.8, 4) is 5.75 Å². The molecule has 24 heavy (non-hydrogen) atoms. The maximum absolute atomic E-state index is 11.9. The standard InChI is InChI=1S/C20H23NO3/c1-4-24-20(22)14-19(17-10-12-18(23-3)13-11-17)21-15(2)16-8-6-5-7-9-16/h5-15,21H,4H2,1-3H3/b19-14-/t15-/m0/s1. The van der Waals surface area contributed by atoms with Gasteiger partial charge in [-0.2, -0.15) is 0 Å². The summed E-state index contributed by atoms with van der Waals surface area (Å²) in [5.74, 6) is 0.404. The van der Waals surface area contributed by atoms with E-state index in [1.54, 1.807) is 14.0 Å². The fourth-order valence-electron chi connectivity index (χ4n) is 2.34. The average Bonchev–Trinajstić information content (AvgIpc) is 2.62. The van der Waals surface area contributed by atoms with Crippen LogP contribution in [0.1, 0.15) is 31.0 Å². The van der Waals surface area contributed by atoms with Crippen molar-refractivity contribution in [3.63, 3.8) is 0 Å². The highest BCUT2D eigenvalue weighted by atomic mass is 16.5. The number of hydrogen-bond acceptors (Lipinski definition) is 4. The summed E-state index contributed by atoms with van der Waals surface area (Å²) in [4.78, 5) is 11.9. The van der Waals surface area contributed by atoms with Crippen LogP contribution in [0.4, 0.5) is 0 Å². The third kappa shape index (κ3) is 4.88. The molecule has 0 saturated heterocycles. The van der Waals surface area contributed by atoms with Crippen molar-refractivity contribution in [1.82, 2.24) is 5.32 Å². The van der Waals surface area contributed by atoms with E-state index in [0.29, 0.717) is 12.3 Å². The van der Waals surface area contributed by atoms with Gasteiger partial charge in [0.25, 0.3) is 0 Å². The molecule has 1 N–H and O–H groups in total.